The van der Waals surface area contributed by atoms with Crippen molar-refractivity contribution in [1.82, 2.24) is 0 Å². The first-order valence-electron chi connectivity index (χ1n) is 7.59. The average Bonchev–Trinajstić information content (AvgIpc) is 2.39. The minimum atomic E-state index is -0.140. The van der Waals surface area contributed by atoms with Crippen LogP contribution in [0.4, 0.5) is 0 Å². The summed E-state index contributed by atoms with van der Waals surface area (Å²) < 4.78 is 6.10. The zero-order chi connectivity index (χ0) is 13.7. The summed E-state index contributed by atoms with van der Waals surface area (Å²) >= 11 is 3.95. The molecule has 2 nitrogen and oxygen atoms in total. The molecule has 0 radical (unpaired) electrons. The standard InChI is InChI=1S/C15H28O2S2/c1-12(2)10-19-11-14(16)13-3-6-17-15(9-13)4-7-18-8-5-15/h12-14,16H,3-11H2,1-2H3. The molecule has 2 aliphatic rings. The van der Waals surface area contributed by atoms with Gasteiger partial charge in [-0.15, -0.1) is 0 Å². The highest BCUT2D eigenvalue weighted by Crippen LogP contribution is 2.41. The lowest BCUT2D eigenvalue weighted by atomic mass is 9.80. The number of aliphatic hydroxyl groups is 1. The second kappa shape index (κ2) is 7.58. The Kier molecular flexibility index (Phi) is 6.38. The fraction of sp³-hybridized carbons (Fsp3) is 1.00. The Morgan fingerprint density at radius 3 is 2.74 bits per heavy atom. The molecule has 1 spiro atoms. The quantitative estimate of drug-likeness (QED) is 0.842. The van der Waals surface area contributed by atoms with Crippen molar-refractivity contribution >= 4 is 23.5 Å². The van der Waals surface area contributed by atoms with Crippen molar-refractivity contribution in [2.75, 3.05) is 29.6 Å². The summed E-state index contributed by atoms with van der Waals surface area (Å²) in [4.78, 5) is 0. The first-order chi connectivity index (χ1) is 9.11. The van der Waals surface area contributed by atoms with Crippen LogP contribution in [0.2, 0.25) is 0 Å². The van der Waals surface area contributed by atoms with Crippen molar-refractivity contribution < 1.29 is 9.84 Å². The fourth-order valence-electron chi connectivity index (χ4n) is 3.05. The van der Waals surface area contributed by atoms with Gasteiger partial charge in [0.15, 0.2) is 0 Å². The van der Waals surface area contributed by atoms with Gasteiger partial charge in [-0.1, -0.05) is 13.8 Å². The predicted molar refractivity (Wildman–Crippen MR) is 86.1 cm³/mol. The molecule has 2 heterocycles. The Morgan fingerprint density at radius 2 is 2.05 bits per heavy atom. The monoisotopic (exact) mass is 304 g/mol. The van der Waals surface area contributed by atoms with Crippen LogP contribution < -0.4 is 0 Å². The summed E-state index contributed by atoms with van der Waals surface area (Å²) in [5, 5.41) is 10.4. The number of aliphatic hydroxyl groups excluding tert-OH is 1. The molecule has 0 bridgehead atoms. The second-order valence-corrected chi connectivity index (χ2v) is 8.70. The summed E-state index contributed by atoms with van der Waals surface area (Å²) in [7, 11) is 0. The van der Waals surface area contributed by atoms with Gasteiger partial charge in [0.1, 0.15) is 0 Å². The Labute approximate surface area is 126 Å². The SMILES string of the molecule is CC(C)CSCC(O)C1CCOC2(CCSCC2)C1. The van der Waals surface area contributed by atoms with E-state index in [1.54, 1.807) is 0 Å². The van der Waals surface area contributed by atoms with Crippen molar-refractivity contribution in [2.24, 2.45) is 11.8 Å². The molecule has 0 saturated carbocycles. The molecule has 2 aliphatic heterocycles. The molecule has 1 N–H and O–H groups in total. The van der Waals surface area contributed by atoms with E-state index in [1.807, 2.05) is 23.5 Å². The molecule has 2 rings (SSSR count). The zero-order valence-electron chi connectivity index (χ0n) is 12.3. The molecule has 2 fully saturated rings. The van der Waals surface area contributed by atoms with E-state index in [1.165, 1.54) is 24.3 Å². The highest BCUT2D eigenvalue weighted by atomic mass is 32.2. The topological polar surface area (TPSA) is 29.5 Å². The largest absolute Gasteiger partial charge is 0.392 e. The minimum absolute atomic E-state index is 0.109. The van der Waals surface area contributed by atoms with Crippen LogP contribution in [0.5, 0.6) is 0 Å². The Bertz CT molecular complexity index is 259. The van der Waals surface area contributed by atoms with Gasteiger partial charge in [0.05, 0.1) is 11.7 Å². The second-order valence-electron chi connectivity index (χ2n) is 6.40. The summed E-state index contributed by atoms with van der Waals surface area (Å²) in [5.41, 5.74) is 0.109. The summed E-state index contributed by atoms with van der Waals surface area (Å²) in [6.07, 6.45) is 4.34. The summed E-state index contributed by atoms with van der Waals surface area (Å²) in [6.45, 7) is 5.33. The van der Waals surface area contributed by atoms with Gasteiger partial charge in [0.25, 0.3) is 0 Å². The molecule has 19 heavy (non-hydrogen) atoms. The van der Waals surface area contributed by atoms with Crippen molar-refractivity contribution in [3.05, 3.63) is 0 Å². The van der Waals surface area contributed by atoms with E-state index >= 15 is 0 Å². The lowest BCUT2D eigenvalue weighted by Crippen LogP contribution is -2.45. The molecule has 112 valence electrons. The maximum Gasteiger partial charge on any atom is 0.0701 e. The number of hydrogen-bond acceptors (Lipinski definition) is 4. The van der Waals surface area contributed by atoms with E-state index < -0.39 is 0 Å². The van der Waals surface area contributed by atoms with Gasteiger partial charge >= 0.3 is 0 Å². The van der Waals surface area contributed by atoms with E-state index in [4.69, 9.17) is 4.74 Å². The van der Waals surface area contributed by atoms with Crippen LogP contribution >= 0.6 is 23.5 Å². The molecule has 0 aliphatic carbocycles. The molecule has 0 aromatic carbocycles. The van der Waals surface area contributed by atoms with E-state index in [0.717, 1.165) is 31.0 Å². The fourth-order valence-corrected chi connectivity index (χ4v) is 5.40. The third kappa shape index (κ3) is 4.83. The maximum atomic E-state index is 10.4. The molecule has 4 heteroatoms. The van der Waals surface area contributed by atoms with Crippen molar-refractivity contribution in [3.63, 3.8) is 0 Å². The van der Waals surface area contributed by atoms with Crippen LogP contribution in [0.3, 0.4) is 0 Å². The van der Waals surface area contributed by atoms with Gasteiger partial charge in [-0.25, -0.2) is 0 Å². The molecular formula is C15H28O2S2. The number of thioether (sulfide) groups is 2. The normalized spacial score (nSPS) is 28.7. The molecule has 0 amide bonds. The molecule has 0 aromatic rings. The third-order valence-corrected chi connectivity index (χ3v) is 6.68. The molecule has 2 unspecified atom stereocenters. The maximum absolute atomic E-state index is 10.4. The number of ether oxygens (including phenoxy) is 1. The third-order valence-electron chi connectivity index (χ3n) is 4.22. The smallest absolute Gasteiger partial charge is 0.0701 e. The van der Waals surface area contributed by atoms with Gasteiger partial charge in [-0.3, -0.25) is 0 Å². The van der Waals surface area contributed by atoms with Crippen LogP contribution in [0.1, 0.15) is 39.5 Å². The Hall–Kier alpha value is 0.620. The Morgan fingerprint density at radius 1 is 1.32 bits per heavy atom. The van der Waals surface area contributed by atoms with Gasteiger partial charge in [-0.2, -0.15) is 23.5 Å². The van der Waals surface area contributed by atoms with Gasteiger partial charge < -0.3 is 9.84 Å². The van der Waals surface area contributed by atoms with Crippen LogP contribution in [0.25, 0.3) is 0 Å². The highest BCUT2D eigenvalue weighted by Gasteiger charge is 2.40. The summed E-state index contributed by atoms with van der Waals surface area (Å²) in [6, 6.07) is 0. The molecule has 2 atom stereocenters. The molecular weight excluding hydrogens is 276 g/mol. The zero-order valence-corrected chi connectivity index (χ0v) is 13.9. The predicted octanol–water partition coefficient (Wildman–Crippen LogP) is 3.43. The minimum Gasteiger partial charge on any atom is -0.392 e. The van der Waals surface area contributed by atoms with Crippen molar-refractivity contribution in [3.8, 4) is 0 Å². The van der Waals surface area contributed by atoms with Gasteiger partial charge in [0, 0.05) is 12.4 Å². The van der Waals surface area contributed by atoms with E-state index in [9.17, 15) is 5.11 Å². The van der Waals surface area contributed by atoms with Gasteiger partial charge in [-0.05, 0) is 54.8 Å². The van der Waals surface area contributed by atoms with E-state index in [2.05, 4.69) is 13.8 Å². The van der Waals surface area contributed by atoms with Crippen molar-refractivity contribution in [2.45, 2.75) is 51.2 Å². The van der Waals surface area contributed by atoms with Gasteiger partial charge in [0.2, 0.25) is 0 Å². The first kappa shape index (κ1) is 16.0. The van der Waals surface area contributed by atoms with Crippen LogP contribution in [-0.4, -0.2) is 46.4 Å². The number of hydrogen-bond donors (Lipinski definition) is 1. The highest BCUT2D eigenvalue weighted by molar-refractivity contribution is 7.99. The van der Waals surface area contributed by atoms with E-state index in [-0.39, 0.29) is 11.7 Å². The van der Waals surface area contributed by atoms with Crippen molar-refractivity contribution in [1.29, 1.82) is 0 Å². The lowest BCUT2D eigenvalue weighted by Gasteiger charge is -2.44. The summed E-state index contributed by atoms with van der Waals surface area (Å²) in [5.74, 6) is 5.68. The van der Waals surface area contributed by atoms with E-state index in [0.29, 0.717) is 11.8 Å². The van der Waals surface area contributed by atoms with Crippen LogP contribution in [0.15, 0.2) is 0 Å². The lowest BCUT2D eigenvalue weighted by molar-refractivity contribution is -0.117. The van der Waals surface area contributed by atoms with Crippen LogP contribution in [-0.2, 0) is 4.74 Å². The average molecular weight is 305 g/mol. The van der Waals surface area contributed by atoms with Crippen LogP contribution in [0, 0.1) is 11.8 Å². The molecule has 0 aromatic heterocycles. The Balaban J connectivity index is 1.79. The first-order valence-corrected chi connectivity index (χ1v) is 9.90. The molecule has 2 saturated heterocycles. The number of rotatable bonds is 5.